The summed E-state index contributed by atoms with van der Waals surface area (Å²) in [6.07, 6.45) is 0.998. The van der Waals surface area contributed by atoms with Crippen molar-refractivity contribution in [1.29, 1.82) is 0 Å². The Morgan fingerprint density at radius 2 is 2.05 bits per heavy atom. The fourth-order valence-corrected chi connectivity index (χ4v) is 2.31. The highest BCUT2D eigenvalue weighted by Gasteiger charge is 2.17. The van der Waals surface area contributed by atoms with Crippen LogP contribution < -0.4 is 5.32 Å². The van der Waals surface area contributed by atoms with Crippen LogP contribution in [0.2, 0.25) is 5.15 Å². The molecule has 0 atom stereocenters. The summed E-state index contributed by atoms with van der Waals surface area (Å²) in [4.78, 5) is 4.41. The second-order valence-corrected chi connectivity index (χ2v) is 6.14. The molecule has 20 heavy (non-hydrogen) atoms. The van der Waals surface area contributed by atoms with Gasteiger partial charge < -0.3 is 10.1 Å². The maximum absolute atomic E-state index is 6.22. The Balaban J connectivity index is 2.10. The van der Waals surface area contributed by atoms with Gasteiger partial charge in [0.2, 0.25) is 0 Å². The zero-order valence-corrected chi connectivity index (χ0v) is 13.0. The Kier molecular flexibility index (Phi) is 4.84. The molecule has 0 saturated heterocycles. The minimum absolute atomic E-state index is 0.149. The smallest absolute Gasteiger partial charge is 0.139 e. The fraction of sp³-hybridized carbons (Fsp3) is 0.438. The minimum atomic E-state index is 0.149. The molecule has 0 fully saturated rings. The molecule has 2 aromatic rings. The number of pyridine rings is 1. The summed E-state index contributed by atoms with van der Waals surface area (Å²) < 4.78 is 5.14. The Labute approximate surface area is 125 Å². The van der Waals surface area contributed by atoms with E-state index in [-0.39, 0.29) is 5.41 Å². The number of rotatable bonds is 6. The second-order valence-electron chi connectivity index (χ2n) is 5.78. The first-order valence-corrected chi connectivity index (χ1v) is 7.18. The lowest BCUT2D eigenvalue weighted by molar-refractivity contribution is 0.157. The molecule has 0 amide bonds. The van der Waals surface area contributed by atoms with Gasteiger partial charge in [-0.2, -0.15) is 0 Å². The van der Waals surface area contributed by atoms with Gasteiger partial charge in [-0.15, -0.1) is 0 Å². The number of hydrogen-bond acceptors (Lipinski definition) is 3. The van der Waals surface area contributed by atoms with Crippen LogP contribution in [0, 0.1) is 5.41 Å². The van der Waals surface area contributed by atoms with Gasteiger partial charge in [0.25, 0.3) is 0 Å². The summed E-state index contributed by atoms with van der Waals surface area (Å²) in [7, 11) is 1.73. The predicted molar refractivity (Wildman–Crippen MR) is 85.5 cm³/mol. The maximum Gasteiger partial charge on any atom is 0.139 e. The van der Waals surface area contributed by atoms with Crippen LogP contribution in [0.1, 0.15) is 20.3 Å². The standard InChI is InChI=1S/C16H21ClN2O/c1-16(2,8-9-20-3)11-18-14-10-12-6-4-5-7-13(12)15(17)19-14/h4-7,10H,8-9,11H2,1-3H3,(H,18,19). The number of benzene rings is 1. The number of hydrogen-bond donors (Lipinski definition) is 1. The first-order valence-electron chi connectivity index (χ1n) is 6.80. The zero-order valence-electron chi connectivity index (χ0n) is 12.2. The number of anilines is 1. The van der Waals surface area contributed by atoms with Crippen molar-refractivity contribution in [1.82, 2.24) is 4.98 Å². The number of nitrogens with one attached hydrogen (secondary N) is 1. The summed E-state index contributed by atoms with van der Waals surface area (Å²) in [5, 5.41) is 6.00. The molecule has 0 aliphatic carbocycles. The Morgan fingerprint density at radius 3 is 2.80 bits per heavy atom. The van der Waals surface area contributed by atoms with Gasteiger partial charge in [0.15, 0.2) is 0 Å². The van der Waals surface area contributed by atoms with Gasteiger partial charge in [-0.3, -0.25) is 0 Å². The Morgan fingerprint density at radius 1 is 1.30 bits per heavy atom. The SMILES string of the molecule is COCCC(C)(C)CNc1cc2ccccc2c(Cl)n1. The largest absolute Gasteiger partial charge is 0.385 e. The van der Waals surface area contributed by atoms with Gasteiger partial charge in [-0.1, -0.05) is 49.7 Å². The van der Waals surface area contributed by atoms with Crippen molar-refractivity contribution >= 4 is 28.2 Å². The number of aromatic nitrogens is 1. The van der Waals surface area contributed by atoms with E-state index in [1.165, 1.54) is 0 Å². The third-order valence-electron chi connectivity index (χ3n) is 3.42. The minimum Gasteiger partial charge on any atom is -0.385 e. The molecule has 1 aromatic heterocycles. The molecule has 4 heteroatoms. The molecule has 0 spiro atoms. The molecule has 0 radical (unpaired) electrons. The Hall–Kier alpha value is -1.32. The van der Waals surface area contributed by atoms with Crippen LogP contribution in [0.15, 0.2) is 30.3 Å². The number of fused-ring (bicyclic) bond motifs is 1. The molecule has 1 aromatic carbocycles. The van der Waals surface area contributed by atoms with E-state index in [2.05, 4.69) is 24.1 Å². The van der Waals surface area contributed by atoms with Gasteiger partial charge in [0.1, 0.15) is 11.0 Å². The number of halogens is 1. The average molecular weight is 293 g/mol. The monoisotopic (exact) mass is 292 g/mol. The number of methoxy groups -OCH3 is 1. The van der Waals surface area contributed by atoms with Gasteiger partial charge in [0, 0.05) is 25.6 Å². The third kappa shape index (κ3) is 3.84. The maximum atomic E-state index is 6.22. The van der Waals surface area contributed by atoms with Gasteiger partial charge >= 0.3 is 0 Å². The van der Waals surface area contributed by atoms with Crippen molar-refractivity contribution in [2.45, 2.75) is 20.3 Å². The van der Waals surface area contributed by atoms with E-state index in [4.69, 9.17) is 16.3 Å². The molecule has 0 aliphatic rings. The van der Waals surface area contributed by atoms with E-state index in [9.17, 15) is 0 Å². The zero-order chi connectivity index (χ0) is 14.6. The highest BCUT2D eigenvalue weighted by Crippen LogP contribution is 2.26. The lowest BCUT2D eigenvalue weighted by Gasteiger charge is -2.25. The van der Waals surface area contributed by atoms with E-state index < -0.39 is 0 Å². The molecular weight excluding hydrogens is 272 g/mol. The lowest BCUT2D eigenvalue weighted by Crippen LogP contribution is -2.25. The van der Waals surface area contributed by atoms with Crippen molar-refractivity contribution < 1.29 is 4.74 Å². The van der Waals surface area contributed by atoms with E-state index in [1.54, 1.807) is 7.11 Å². The first-order chi connectivity index (χ1) is 9.52. The van der Waals surface area contributed by atoms with Crippen LogP contribution in [-0.4, -0.2) is 25.2 Å². The normalized spacial score (nSPS) is 11.8. The summed E-state index contributed by atoms with van der Waals surface area (Å²) in [6, 6.07) is 10.0. The summed E-state index contributed by atoms with van der Waals surface area (Å²) in [5.41, 5.74) is 0.149. The van der Waals surface area contributed by atoms with Crippen molar-refractivity contribution in [3.63, 3.8) is 0 Å². The molecule has 108 valence electrons. The Bertz CT molecular complexity index is 584. The molecule has 0 aliphatic heterocycles. The summed E-state index contributed by atoms with van der Waals surface area (Å²) in [6.45, 7) is 6.02. The van der Waals surface area contributed by atoms with Crippen LogP contribution in [0.25, 0.3) is 10.8 Å². The van der Waals surface area contributed by atoms with Crippen molar-refractivity contribution in [3.05, 3.63) is 35.5 Å². The van der Waals surface area contributed by atoms with E-state index >= 15 is 0 Å². The molecule has 0 saturated carbocycles. The van der Waals surface area contributed by atoms with Crippen LogP contribution in [-0.2, 0) is 4.74 Å². The molecular formula is C16H21ClN2O. The van der Waals surface area contributed by atoms with Crippen molar-refractivity contribution in [3.8, 4) is 0 Å². The quantitative estimate of drug-likeness (QED) is 0.803. The predicted octanol–water partition coefficient (Wildman–Crippen LogP) is 4.36. The molecule has 0 unspecified atom stereocenters. The van der Waals surface area contributed by atoms with Crippen molar-refractivity contribution in [2.24, 2.45) is 5.41 Å². The molecule has 1 heterocycles. The van der Waals surface area contributed by atoms with Crippen LogP contribution >= 0.6 is 11.6 Å². The molecule has 0 bridgehead atoms. The number of nitrogens with zero attached hydrogens (tertiary/aromatic N) is 1. The highest BCUT2D eigenvalue weighted by molar-refractivity contribution is 6.34. The van der Waals surface area contributed by atoms with Crippen LogP contribution in [0.3, 0.4) is 0 Å². The van der Waals surface area contributed by atoms with Gasteiger partial charge in [-0.05, 0) is 23.3 Å². The van der Waals surface area contributed by atoms with Crippen molar-refractivity contribution in [2.75, 3.05) is 25.6 Å². The highest BCUT2D eigenvalue weighted by atomic mass is 35.5. The molecule has 1 N–H and O–H groups in total. The van der Waals surface area contributed by atoms with E-state index in [1.807, 2.05) is 30.3 Å². The summed E-state index contributed by atoms with van der Waals surface area (Å²) >= 11 is 6.22. The van der Waals surface area contributed by atoms with E-state index in [0.717, 1.165) is 36.2 Å². The average Bonchev–Trinajstić information content (AvgIpc) is 2.43. The van der Waals surface area contributed by atoms with Crippen LogP contribution in [0.4, 0.5) is 5.82 Å². The topological polar surface area (TPSA) is 34.1 Å². The third-order valence-corrected chi connectivity index (χ3v) is 3.71. The van der Waals surface area contributed by atoms with Gasteiger partial charge in [0.05, 0.1) is 0 Å². The first kappa shape index (κ1) is 15.1. The fourth-order valence-electron chi connectivity index (χ4n) is 2.04. The molecule has 2 rings (SSSR count). The molecule has 3 nitrogen and oxygen atoms in total. The second kappa shape index (κ2) is 6.42. The van der Waals surface area contributed by atoms with E-state index in [0.29, 0.717) is 5.15 Å². The number of ether oxygens (including phenoxy) is 1. The van der Waals surface area contributed by atoms with Gasteiger partial charge in [-0.25, -0.2) is 4.98 Å². The van der Waals surface area contributed by atoms with Crippen LogP contribution in [0.5, 0.6) is 0 Å². The lowest BCUT2D eigenvalue weighted by atomic mass is 9.90. The summed E-state index contributed by atoms with van der Waals surface area (Å²) in [5.74, 6) is 0.819.